The van der Waals surface area contributed by atoms with Crippen molar-refractivity contribution in [1.29, 1.82) is 0 Å². The Bertz CT molecular complexity index is 1830. The number of amides is 1. The fraction of sp³-hybridized carbons (Fsp3) is 0.575. The lowest BCUT2D eigenvalue weighted by atomic mass is 9.63. The molecule has 2 aromatic rings. The first-order chi connectivity index (χ1) is 24.2. The van der Waals surface area contributed by atoms with Crippen molar-refractivity contribution in [2.24, 2.45) is 23.2 Å². The number of fused-ring (bicyclic) bond motifs is 4. The van der Waals surface area contributed by atoms with E-state index in [1.807, 2.05) is 45.0 Å². The normalized spacial score (nSPS) is 35.1. The number of esters is 1. The molecule has 1 amide bonds. The molecule has 2 aliphatic carbocycles. The molecule has 9 nitrogen and oxygen atoms in total. The highest BCUT2D eigenvalue weighted by atomic mass is 35.5. The van der Waals surface area contributed by atoms with Gasteiger partial charge in [0.05, 0.1) is 47.2 Å². The SMILES string of the molecule is C=S1(=O)NC(=O)c2ccc3c(c2)N(C[C@@H]2CC[C@H]2[C@@](O)(CC(=O)OCC2(C)COC2)/C=C/C[C@H](C)[C@H]1C)C[C@@]1(CCCc2cc(Cl)ccc21)CO3. The minimum atomic E-state index is -3.05. The van der Waals surface area contributed by atoms with Crippen molar-refractivity contribution in [1.82, 2.24) is 4.72 Å². The van der Waals surface area contributed by atoms with Crippen molar-refractivity contribution in [3.8, 4) is 5.75 Å². The van der Waals surface area contributed by atoms with E-state index in [9.17, 15) is 18.9 Å². The van der Waals surface area contributed by atoms with Crippen LogP contribution >= 0.6 is 11.6 Å². The molecule has 1 spiro atoms. The molecule has 2 fully saturated rings. The lowest BCUT2D eigenvalue weighted by molar-refractivity contribution is -0.171. The molecular weight excluding hydrogens is 688 g/mol. The summed E-state index contributed by atoms with van der Waals surface area (Å²) in [5.41, 5.74) is 1.67. The predicted octanol–water partition coefficient (Wildman–Crippen LogP) is 5.89. The first-order valence-corrected chi connectivity index (χ1v) is 20.5. The van der Waals surface area contributed by atoms with Crippen LogP contribution in [0.5, 0.6) is 5.75 Å². The second-order valence-electron chi connectivity index (χ2n) is 16.3. The van der Waals surface area contributed by atoms with Gasteiger partial charge in [0.15, 0.2) is 0 Å². The Hall–Kier alpha value is -3.05. The number of ether oxygens (including phenoxy) is 3. The van der Waals surface area contributed by atoms with E-state index in [0.717, 1.165) is 37.8 Å². The van der Waals surface area contributed by atoms with Crippen LogP contribution in [0, 0.1) is 23.2 Å². The van der Waals surface area contributed by atoms with Crippen LogP contribution in [-0.4, -0.2) is 77.4 Å². The van der Waals surface area contributed by atoms with Gasteiger partial charge in [0.1, 0.15) is 12.4 Å². The second-order valence-corrected chi connectivity index (χ2v) is 19.2. The monoisotopic (exact) mass is 738 g/mol. The van der Waals surface area contributed by atoms with Gasteiger partial charge in [-0.3, -0.25) is 14.3 Å². The molecule has 2 N–H and O–H groups in total. The van der Waals surface area contributed by atoms with Crippen LogP contribution in [0.25, 0.3) is 0 Å². The van der Waals surface area contributed by atoms with Gasteiger partial charge < -0.3 is 24.2 Å². The maximum Gasteiger partial charge on any atom is 0.309 e. The maximum atomic E-state index is 13.9. The molecular formula is C40H51ClN2O7S. The molecule has 0 radical (unpaired) electrons. The Morgan fingerprint density at radius 3 is 2.71 bits per heavy atom. The third-order valence-corrected chi connectivity index (χ3v) is 14.7. The van der Waals surface area contributed by atoms with Gasteiger partial charge in [-0.25, -0.2) is 4.21 Å². The Labute approximate surface area is 307 Å². The van der Waals surface area contributed by atoms with Crippen LogP contribution in [0.15, 0.2) is 48.6 Å². The molecule has 2 bridgehead atoms. The number of hydrogen-bond donors (Lipinski definition) is 2. The third-order valence-electron chi connectivity index (χ3n) is 12.3. The number of benzene rings is 2. The maximum absolute atomic E-state index is 13.9. The number of hydrogen-bond acceptors (Lipinski definition) is 8. The van der Waals surface area contributed by atoms with Crippen molar-refractivity contribution < 1.29 is 33.1 Å². The number of nitrogens with zero attached hydrogens (tertiary/aromatic N) is 1. The summed E-state index contributed by atoms with van der Waals surface area (Å²) in [5, 5.41) is 12.7. The van der Waals surface area contributed by atoms with Crippen LogP contribution in [0.4, 0.5) is 5.69 Å². The molecule has 11 heteroatoms. The van der Waals surface area contributed by atoms with Crippen molar-refractivity contribution in [3.63, 3.8) is 0 Å². The minimum Gasteiger partial charge on any atom is -0.490 e. The van der Waals surface area contributed by atoms with E-state index in [1.54, 1.807) is 12.1 Å². The molecule has 1 unspecified atom stereocenters. The van der Waals surface area contributed by atoms with Gasteiger partial charge in [-0.05, 0) is 111 Å². The van der Waals surface area contributed by atoms with Crippen LogP contribution in [0.3, 0.4) is 0 Å². The number of carbonyl (C=O) groups excluding carboxylic acids is 2. The van der Waals surface area contributed by atoms with Gasteiger partial charge in [0, 0.05) is 39.8 Å². The molecule has 7 atom stereocenters. The third kappa shape index (κ3) is 7.18. The fourth-order valence-electron chi connectivity index (χ4n) is 8.73. The summed E-state index contributed by atoms with van der Waals surface area (Å²) in [6, 6.07) is 11.6. The number of allylic oxidation sites excluding steroid dienone is 1. The molecule has 1 saturated heterocycles. The van der Waals surface area contributed by atoms with E-state index in [-0.39, 0.29) is 41.6 Å². The molecule has 7 rings (SSSR count). The molecule has 3 heterocycles. The van der Waals surface area contributed by atoms with Crippen molar-refractivity contribution >= 4 is 44.7 Å². The van der Waals surface area contributed by atoms with Gasteiger partial charge in [0.2, 0.25) is 0 Å². The average Bonchev–Trinajstić information content (AvgIpc) is 3.20. The Balaban J connectivity index is 1.27. The van der Waals surface area contributed by atoms with Gasteiger partial charge in [-0.2, -0.15) is 0 Å². The fourth-order valence-corrected chi connectivity index (χ4v) is 10.4. The molecule has 2 aromatic carbocycles. The number of carbonyl (C=O) groups is 2. The van der Waals surface area contributed by atoms with E-state index in [4.69, 9.17) is 25.8 Å². The van der Waals surface area contributed by atoms with Crippen LogP contribution < -0.4 is 14.4 Å². The van der Waals surface area contributed by atoms with E-state index in [1.165, 1.54) is 11.1 Å². The predicted molar refractivity (Wildman–Crippen MR) is 201 cm³/mol. The quantitative estimate of drug-likeness (QED) is 0.227. The van der Waals surface area contributed by atoms with E-state index in [2.05, 4.69) is 27.6 Å². The standard InChI is InChI=1S/C40H51ClN2O7S/c1-26-7-5-16-40(46,19-36(44)50-24-38(3)22-48-23-38)33-12-9-30(33)20-43-21-39(15-6-8-28-17-31(41)11-13-32(28)39)25-49-35-14-10-29(18-34(35)43)37(45)42-51(4,47)27(26)2/h5,10-11,13-14,16-18,26-27,30,33,46H,4,6-9,12,15,19-25H2,1-3H3,(H,42,45,47)/b16-5+/t26-,27+,30-,33+,39-,40-,51?/m0/s1. The zero-order valence-corrected chi connectivity index (χ0v) is 31.5. The van der Waals surface area contributed by atoms with Gasteiger partial charge in [-0.15, -0.1) is 0 Å². The number of anilines is 1. The van der Waals surface area contributed by atoms with Crippen LogP contribution in [0.1, 0.15) is 80.8 Å². The highest BCUT2D eigenvalue weighted by molar-refractivity contribution is 7.99. The van der Waals surface area contributed by atoms with E-state index >= 15 is 0 Å². The lowest BCUT2D eigenvalue weighted by Crippen LogP contribution is -2.53. The van der Waals surface area contributed by atoms with Crippen molar-refractivity contribution in [2.75, 3.05) is 44.4 Å². The van der Waals surface area contributed by atoms with Gasteiger partial charge in [0.25, 0.3) is 5.91 Å². The lowest BCUT2D eigenvalue weighted by Gasteiger charge is -2.49. The first kappa shape index (κ1) is 36.3. The highest BCUT2D eigenvalue weighted by Gasteiger charge is 2.49. The summed E-state index contributed by atoms with van der Waals surface area (Å²) in [6.07, 6.45) is 8.51. The van der Waals surface area contributed by atoms with Crippen LogP contribution in [0.2, 0.25) is 5.02 Å². The molecule has 276 valence electrons. The Morgan fingerprint density at radius 1 is 1.18 bits per heavy atom. The zero-order valence-electron chi connectivity index (χ0n) is 30.0. The number of aryl methyl sites for hydroxylation is 1. The first-order valence-electron chi connectivity index (χ1n) is 18.3. The summed E-state index contributed by atoms with van der Waals surface area (Å²) in [4.78, 5) is 29.4. The molecule has 0 aromatic heterocycles. The van der Waals surface area contributed by atoms with Crippen molar-refractivity contribution in [3.05, 3.63) is 70.3 Å². The molecule has 3 aliphatic heterocycles. The Kier molecular flexibility index (Phi) is 9.78. The smallest absolute Gasteiger partial charge is 0.309 e. The largest absolute Gasteiger partial charge is 0.490 e. The molecule has 51 heavy (non-hydrogen) atoms. The van der Waals surface area contributed by atoms with Gasteiger partial charge >= 0.3 is 5.97 Å². The van der Waals surface area contributed by atoms with E-state index in [0.29, 0.717) is 55.7 Å². The average molecular weight is 739 g/mol. The highest BCUT2D eigenvalue weighted by Crippen LogP contribution is 2.49. The summed E-state index contributed by atoms with van der Waals surface area (Å²) >= 11 is 6.46. The minimum absolute atomic E-state index is 0.0570. The number of rotatable bonds is 4. The molecule has 5 aliphatic rings. The number of aliphatic hydroxyl groups is 1. The number of nitrogens with one attached hydrogen (secondary N) is 1. The van der Waals surface area contributed by atoms with Crippen LogP contribution in [-0.2, 0) is 35.8 Å². The summed E-state index contributed by atoms with van der Waals surface area (Å²) in [5.74, 6) is 3.50. The Morgan fingerprint density at radius 2 is 1.98 bits per heavy atom. The number of halogens is 1. The summed E-state index contributed by atoms with van der Waals surface area (Å²) in [6.45, 7) is 8.85. The van der Waals surface area contributed by atoms with Gasteiger partial charge in [-0.1, -0.05) is 43.7 Å². The zero-order chi connectivity index (χ0) is 36.2. The second kappa shape index (κ2) is 13.7. The topological polar surface area (TPSA) is 114 Å². The van der Waals surface area contributed by atoms with Crippen molar-refractivity contribution in [2.45, 2.75) is 82.0 Å². The summed E-state index contributed by atoms with van der Waals surface area (Å²) in [7, 11) is -3.05. The summed E-state index contributed by atoms with van der Waals surface area (Å²) < 4.78 is 34.4. The van der Waals surface area contributed by atoms with E-state index < -0.39 is 32.4 Å². The molecule has 1 saturated carbocycles.